The van der Waals surface area contributed by atoms with Crippen LogP contribution in [0.15, 0.2) is 36.7 Å². The maximum Gasteiger partial charge on any atom is 0.337 e. The fraction of sp³-hybridized carbons (Fsp3) is 0.385. The first-order chi connectivity index (χ1) is 17.6. The number of rotatable bonds is 8. The summed E-state index contributed by atoms with van der Waals surface area (Å²) in [6, 6.07) is 8.61. The molecule has 1 atom stereocenters. The average Bonchev–Trinajstić information content (AvgIpc) is 3.25. The van der Waals surface area contributed by atoms with Gasteiger partial charge in [0, 0.05) is 36.8 Å². The number of hydrogen-bond donors (Lipinski definition) is 1. The molecule has 12 heteroatoms. The van der Waals surface area contributed by atoms with Crippen LogP contribution in [0.4, 0.5) is 5.69 Å². The van der Waals surface area contributed by atoms with E-state index in [0.717, 1.165) is 39.3 Å². The van der Waals surface area contributed by atoms with Crippen LogP contribution in [-0.2, 0) is 14.3 Å². The topological polar surface area (TPSA) is 112 Å². The summed E-state index contributed by atoms with van der Waals surface area (Å²) in [6.07, 6.45) is 2.31. The van der Waals surface area contributed by atoms with Gasteiger partial charge >= 0.3 is 5.97 Å². The van der Waals surface area contributed by atoms with Crippen molar-refractivity contribution in [1.82, 2.24) is 14.9 Å². The second-order valence-corrected chi connectivity index (χ2v) is 8.65. The second-order valence-electron chi connectivity index (χ2n) is 8.65. The van der Waals surface area contributed by atoms with Crippen LogP contribution in [0.25, 0.3) is 10.9 Å². The molecule has 3 aromatic rings. The van der Waals surface area contributed by atoms with Gasteiger partial charge in [-0.15, -0.1) is 24.8 Å². The van der Waals surface area contributed by atoms with Gasteiger partial charge in [0.15, 0.2) is 11.5 Å². The molecule has 2 aromatic carbocycles. The van der Waals surface area contributed by atoms with Crippen LogP contribution in [0.2, 0.25) is 0 Å². The molecule has 1 N–H and O–H groups in total. The molecule has 5 rings (SSSR count). The molecule has 1 saturated heterocycles. The van der Waals surface area contributed by atoms with E-state index < -0.39 is 11.9 Å². The van der Waals surface area contributed by atoms with E-state index in [9.17, 15) is 9.59 Å². The molecule has 1 amide bonds. The Kier molecular flexibility index (Phi) is 10.1. The zero-order valence-corrected chi connectivity index (χ0v) is 22.7. The summed E-state index contributed by atoms with van der Waals surface area (Å²) in [4.78, 5) is 36.3. The van der Waals surface area contributed by atoms with E-state index in [0.29, 0.717) is 51.5 Å². The second kappa shape index (κ2) is 13.1. The monoisotopic (exact) mass is 564 g/mol. The number of nitrogens with one attached hydrogen (secondary N) is 1. The lowest BCUT2D eigenvalue weighted by atomic mass is 9.93. The van der Waals surface area contributed by atoms with Crippen molar-refractivity contribution in [2.24, 2.45) is 0 Å². The van der Waals surface area contributed by atoms with Gasteiger partial charge in [0.25, 0.3) is 0 Å². The number of halogens is 2. The Hall–Kier alpha value is -3.18. The lowest BCUT2D eigenvalue weighted by molar-refractivity contribution is -0.116. The van der Waals surface area contributed by atoms with Crippen molar-refractivity contribution in [2.75, 3.05) is 59.0 Å². The molecule has 2 aliphatic heterocycles. The van der Waals surface area contributed by atoms with E-state index in [-0.39, 0.29) is 30.7 Å². The summed E-state index contributed by atoms with van der Waals surface area (Å²) in [7, 11) is 2.90. The molecule has 0 aliphatic carbocycles. The van der Waals surface area contributed by atoms with E-state index in [4.69, 9.17) is 18.9 Å². The van der Waals surface area contributed by atoms with Crippen LogP contribution >= 0.6 is 24.8 Å². The molecule has 38 heavy (non-hydrogen) atoms. The molecule has 1 unspecified atom stereocenters. The van der Waals surface area contributed by atoms with Crippen molar-refractivity contribution in [3.63, 3.8) is 0 Å². The Morgan fingerprint density at radius 2 is 1.89 bits per heavy atom. The highest BCUT2D eigenvalue weighted by Crippen LogP contribution is 2.41. The number of carbonyl (C=O) groups excluding carboxylic acids is 2. The summed E-state index contributed by atoms with van der Waals surface area (Å²) in [5.74, 6) is -0.289. The van der Waals surface area contributed by atoms with E-state index >= 15 is 0 Å². The Labute approximate surface area is 232 Å². The first-order valence-corrected chi connectivity index (χ1v) is 11.9. The average molecular weight is 565 g/mol. The summed E-state index contributed by atoms with van der Waals surface area (Å²) in [5, 5.41) is 3.55. The van der Waals surface area contributed by atoms with Gasteiger partial charge in [0.05, 0.1) is 50.8 Å². The number of carbonyl (C=O) groups is 2. The third-order valence-corrected chi connectivity index (χ3v) is 6.51. The highest BCUT2D eigenvalue weighted by molar-refractivity contribution is 6.07. The maximum absolute atomic E-state index is 13.0. The summed E-state index contributed by atoms with van der Waals surface area (Å²) in [5.41, 5.74) is 2.81. The fourth-order valence-electron chi connectivity index (χ4n) is 4.66. The number of aromatic nitrogens is 2. The molecular formula is C26H30Cl2N4O6. The first-order valence-electron chi connectivity index (χ1n) is 11.9. The van der Waals surface area contributed by atoms with Gasteiger partial charge in [-0.3, -0.25) is 9.69 Å². The normalized spacial score (nSPS) is 16.6. The van der Waals surface area contributed by atoms with Crippen molar-refractivity contribution in [3.8, 4) is 11.5 Å². The highest BCUT2D eigenvalue weighted by Gasteiger charge is 2.35. The lowest BCUT2D eigenvalue weighted by Crippen LogP contribution is -2.37. The number of fused-ring (bicyclic) bond motifs is 2. The standard InChI is InChI=1S/C26H28N4O6.2ClH/c1-33-21-13-18-20(14-22(21)36-9-3-6-30-7-10-35-11-8-30)27-15-28-24(18)23-17-12-16(26(32)34-2)4-5-19(17)29-25(23)31;;/h4-5,12-15,23H,3,6-11H2,1-2H3,(H,29,31);2*1H. The lowest BCUT2D eigenvalue weighted by Gasteiger charge is -2.26. The van der Waals surface area contributed by atoms with Gasteiger partial charge in [-0.25, -0.2) is 14.8 Å². The van der Waals surface area contributed by atoms with Crippen molar-refractivity contribution >= 4 is 53.3 Å². The molecular weight excluding hydrogens is 535 g/mol. The number of ether oxygens (including phenoxy) is 4. The van der Waals surface area contributed by atoms with Crippen molar-refractivity contribution in [1.29, 1.82) is 0 Å². The Morgan fingerprint density at radius 1 is 1.11 bits per heavy atom. The Morgan fingerprint density at radius 3 is 2.63 bits per heavy atom. The van der Waals surface area contributed by atoms with Crippen molar-refractivity contribution in [2.45, 2.75) is 12.3 Å². The van der Waals surface area contributed by atoms with Crippen molar-refractivity contribution < 1.29 is 28.5 Å². The molecule has 0 saturated carbocycles. The van der Waals surface area contributed by atoms with Gasteiger partial charge < -0.3 is 24.3 Å². The van der Waals surface area contributed by atoms with Gasteiger partial charge in [-0.05, 0) is 36.2 Å². The summed E-state index contributed by atoms with van der Waals surface area (Å²) < 4.78 is 21.9. The molecule has 0 bridgehead atoms. The van der Waals surface area contributed by atoms with E-state index in [2.05, 4.69) is 20.2 Å². The van der Waals surface area contributed by atoms with Crippen LogP contribution in [0.3, 0.4) is 0 Å². The summed E-state index contributed by atoms with van der Waals surface area (Å²) >= 11 is 0. The number of benzene rings is 2. The molecule has 0 spiro atoms. The predicted octanol–water partition coefficient (Wildman–Crippen LogP) is 3.45. The van der Waals surface area contributed by atoms with Crippen LogP contribution in [0.5, 0.6) is 11.5 Å². The first kappa shape index (κ1) is 29.4. The van der Waals surface area contributed by atoms with Crippen LogP contribution in [0, 0.1) is 0 Å². The third kappa shape index (κ3) is 5.94. The zero-order chi connectivity index (χ0) is 25.1. The zero-order valence-electron chi connectivity index (χ0n) is 21.1. The van der Waals surface area contributed by atoms with Crippen LogP contribution in [-0.4, -0.2) is 80.4 Å². The van der Waals surface area contributed by atoms with E-state index in [1.54, 1.807) is 31.4 Å². The number of hydrogen-bond acceptors (Lipinski definition) is 9. The smallest absolute Gasteiger partial charge is 0.337 e. The minimum absolute atomic E-state index is 0. The van der Waals surface area contributed by atoms with Gasteiger partial charge in [-0.2, -0.15) is 0 Å². The Bertz CT molecular complexity index is 1300. The SMILES string of the molecule is COC(=O)c1ccc2c(c1)C(c1ncnc3cc(OCCCN4CCOCC4)c(OC)cc13)C(=O)N2.Cl.Cl. The number of esters is 1. The van der Waals surface area contributed by atoms with E-state index in [1.165, 1.54) is 13.4 Å². The molecule has 10 nitrogen and oxygen atoms in total. The molecule has 204 valence electrons. The Balaban J connectivity index is 0.00000200. The molecule has 0 radical (unpaired) electrons. The maximum atomic E-state index is 13.0. The quantitative estimate of drug-likeness (QED) is 0.324. The summed E-state index contributed by atoms with van der Waals surface area (Å²) in [6.45, 7) is 4.90. The molecule has 1 fully saturated rings. The van der Waals surface area contributed by atoms with Gasteiger partial charge in [0.2, 0.25) is 5.91 Å². The largest absolute Gasteiger partial charge is 0.493 e. The molecule has 1 aromatic heterocycles. The van der Waals surface area contributed by atoms with Gasteiger partial charge in [0.1, 0.15) is 12.2 Å². The number of morpholine rings is 1. The molecule has 2 aliphatic rings. The number of amides is 1. The fourth-order valence-corrected chi connectivity index (χ4v) is 4.66. The predicted molar refractivity (Wildman–Crippen MR) is 146 cm³/mol. The minimum atomic E-state index is -0.708. The van der Waals surface area contributed by atoms with E-state index in [1.807, 2.05) is 6.07 Å². The molecule has 3 heterocycles. The van der Waals surface area contributed by atoms with Gasteiger partial charge in [-0.1, -0.05) is 0 Å². The minimum Gasteiger partial charge on any atom is -0.493 e. The van der Waals surface area contributed by atoms with Crippen LogP contribution < -0.4 is 14.8 Å². The van der Waals surface area contributed by atoms with Crippen LogP contribution in [0.1, 0.15) is 34.0 Å². The highest BCUT2D eigenvalue weighted by atomic mass is 35.5. The number of methoxy groups -OCH3 is 2. The van der Waals surface area contributed by atoms with Crippen molar-refractivity contribution in [3.05, 3.63) is 53.5 Å². The number of nitrogens with zero attached hydrogens (tertiary/aromatic N) is 3. The number of anilines is 1. The third-order valence-electron chi connectivity index (χ3n) is 6.51.